The number of fused-ring (bicyclic) bond motifs is 2. The van der Waals surface area contributed by atoms with Crippen molar-refractivity contribution in [3.63, 3.8) is 0 Å². The molecule has 0 fully saturated rings. The smallest absolute Gasteiger partial charge is 0.251 e. The van der Waals surface area contributed by atoms with Crippen molar-refractivity contribution < 1.29 is 4.79 Å². The van der Waals surface area contributed by atoms with Gasteiger partial charge in [-0.05, 0) is 42.0 Å². The van der Waals surface area contributed by atoms with Crippen molar-refractivity contribution >= 4 is 33.4 Å². The number of aromatic nitrogens is 1. The molecule has 4 aromatic rings. The van der Waals surface area contributed by atoms with E-state index in [1.54, 1.807) is 0 Å². The van der Waals surface area contributed by atoms with E-state index in [0.717, 1.165) is 33.1 Å². The first-order valence-electron chi connectivity index (χ1n) is 8.95. The monoisotopic (exact) mass is 355 g/mol. The molecule has 1 heterocycles. The van der Waals surface area contributed by atoms with E-state index in [1.807, 2.05) is 73.6 Å². The van der Waals surface area contributed by atoms with Crippen LogP contribution in [0, 0.1) is 0 Å². The number of rotatable bonds is 4. The molecule has 0 spiro atoms. The normalized spacial score (nSPS) is 10.9. The zero-order valence-corrected chi connectivity index (χ0v) is 15.4. The Labute approximate surface area is 158 Å². The van der Waals surface area contributed by atoms with Crippen molar-refractivity contribution in [1.29, 1.82) is 0 Å². The molecular formula is C23H21N3O. The fourth-order valence-electron chi connectivity index (χ4n) is 3.19. The van der Waals surface area contributed by atoms with Crippen LogP contribution in [0.3, 0.4) is 0 Å². The third kappa shape index (κ3) is 3.47. The van der Waals surface area contributed by atoms with E-state index in [-0.39, 0.29) is 5.91 Å². The van der Waals surface area contributed by atoms with Crippen LogP contribution in [0.25, 0.3) is 21.8 Å². The highest BCUT2D eigenvalue weighted by Gasteiger charge is 2.09. The molecule has 0 aliphatic carbocycles. The van der Waals surface area contributed by atoms with Crippen LogP contribution in [0.1, 0.15) is 15.9 Å². The molecule has 0 saturated heterocycles. The van der Waals surface area contributed by atoms with Gasteiger partial charge in [-0.2, -0.15) is 0 Å². The predicted octanol–water partition coefficient (Wildman–Crippen LogP) is 4.38. The number of hydrogen-bond donors (Lipinski definition) is 1. The van der Waals surface area contributed by atoms with Crippen molar-refractivity contribution in [2.45, 2.75) is 6.54 Å². The Morgan fingerprint density at radius 2 is 1.67 bits per heavy atom. The first-order valence-corrected chi connectivity index (χ1v) is 8.95. The second-order valence-corrected chi connectivity index (χ2v) is 6.79. The highest BCUT2D eigenvalue weighted by molar-refractivity contribution is 5.96. The minimum absolute atomic E-state index is 0.0851. The first kappa shape index (κ1) is 17.0. The van der Waals surface area contributed by atoms with Gasteiger partial charge in [-0.1, -0.05) is 36.4 Å². The second kappa shape index (κ2) is 7.08. The Balaban J connectivity index is 1.58. The third-order valence-electron chi connectivity index (χ3n) is 4.72. The maximum absolute atomic E-state index is 12.5. The fourth-order valence-corrected chi connectivity index (χ4v) is 3.19. The zero-order chi connectivity index (χ0) is 18.8. The molecule has 3 aromatic carbocycles. The number of nitrogens with zero attached hydrogens (tertiary/aromatic N) is 2. The molecule has 0 unspecified atom stereocenters. The molecule has 27 heavy (non-hydrogen) atoms. The molecule has 4 nitrogen and oxygen atoms in total. The molecule has 1 aromatic heterocycles. The van der Waals surface area contributed by atoms with E-state index in [4.69, 9.17) is 4.98 Å². The Morgan fingerprint density at radius 1 is 0.926 bits per heavy atom. The van der Waals surface area contributed by atoms with Gasteiger partial charge in [-0.3, -0.25) is 4.79 Å². The van der Waals surface area contributed by atoms with E-state index in [0.29, 0.717) is 12.1 Å². The molecule has 4 rings (SSSR count). The third-order valence-corrected chi connectivity index (χ3v) is 4.72. The molecule has 0 aliphatic rings. The summed E-state index contributed by atoms with van der Waals surface area (Å²) in [5.74, 6) is -0.0851. The molecule has 4 heteroatoms. The van der Waals surface area contributed by atoms with Crippen LogP contribution < -0.4 is 10.2 Å². The highest BCUT2D eigenvalue weighted by Crippen LogP contribution is 2.22. The van der Waals surface area contributed by atoms with Gasteiger partial charge >= 0.3 is 0 Å². The van der Waals surface area contributed by atoms with Crippen molar-refractivity contribution in [2.75, 3.05) is 19.0 Å². The first-order chi connectivity index (χ1) is 13.1. The summed E-state index contributed by atoms with van der Waals surface area (Å²) in [6.45, 7) is 0.441. The van der Waals surface area contributed by atoms with Gasteiger partial charge < -0.3 is 10.2 Å². The van der Waals surface area contributed by atoms with Crippen LogP contribution in [-0.2, 0) is 6.54 Å². The van der Waals surface area contributed by atoms with E-state index in [9.17, 15) is 4.79 Å². The minimum atomic E-state index is -0.0851. The van der Waals surface area contributed by atoms with Crippen molar-refractivity contribution in [2.24, 2.45) is 0 Å². The summed E-state index contributed by atoms with van der Waals surface area (Å²) in [7, 11) is 3.96. The largest absolute Gasteiger partial charge is 0.378 e. The number of carbonyl (C=O) groups excluding carboxylic acids is 1. The van der Waals surface area contributed by atoms with Crippen molar-refractivity contribution in [3.8, 4) is 0 Å². The van der Waals surface area contributed by atoms with Crippen LogP contribution in [0.5, 0.6) is 0 Å². The molecule has 0 atom stereocenters. The summed E-state index contributed by atoms with van der Waals surface area (Å²) in [6, 6.07) is 23.9. The summed E-state index contributed by atoms with van der Waals surface area (Å²) >= 11 is 0. The molecular weight excluding hydrogens is 334 g/mol. The van der Waals surface area contributed by atoms with Gasteiger partial charge in [0.05, 0.1) is 11.0 Å². The summed E-state index contributed by atoms with van der Waals surface area (Å²) in [5, 5.41) is 5.21. The van der Waals surface area contributed by atoms with E-state index >= 15 is 0 Å². The number of para-hydroxylation sites is 2. The number of benzene rings is 3. The average Bonchev–Trinajstić information content (AvgIpc) is 2.70. The summed E-state index contributed by atoms with van der Waals surface area (Å²) in [5.41, 5.74) is 4.62. The van der Waals surface area contributed by atoms with Gasteiger partial charge in [0.1, 0.15) is 0 Å². The lowest BCUT2D eigenvalue weighted by molar-refractivity contribution is 0.0951. The van der Waals surface area contributed by atoms with Crippen LogP contribution >= 0.6 is 0 Å². The lowest BCUT2D eigenvalue weighted by atomic mass is 10.1. The molecule has 0 radical (unpaired) electrons. The van der Waals surface area contributed by atoms with Crippen molar-refractivity contribution in [3.05, 3.63) is 83.9 Å². The fraction of sp³-hybridized carbons (Fsp3) is 0.130. The maximum atomic E-state index is 12.5. The second-order valence-electron chi connectivity index (χ2n) is 6.79. The van der Waals surface area contributed by atoms with Crippen LogP contribution in [0.15, 0.2) is 72.8 Å². The Hall–Kier alpha value is -3.40. The number of carbonyl (C=O) groups is 1. The predicted molar refractivity (Wildman–Crippen MR) is 111 cm³/mol. The minimum Gasteiger partial charge on any atom is -0.378 e. The van der Waals surface area contributed by atoms with Gasteiger partial charge in [0, 0.05) is 42.7 Å². The van der Waals surface area contributed by atoms with Crippen LogP contribution in [-0.4, -0.2) is 25.0 Å². The zero-order valence-electron chi connectivity index (χ0n) is 15.4. The Morgan fingerprint density at radius 3 is 2.44 bits per heavy atom. The standard InChI is InChI=1S/C23H21N3O/c1-26(2)20-12-10-16(11-13-20)23(27)24-15-19-8-5-7-18-14-17-6-3-4-9-21(17)25-22(18)19/h3-14H,15H2,1-2H3,(H,24,27). The number of pyridine rings is 1. The number of hydrogen-bond acceptors (Lipinski definition) is 3. The van der Waals surface area contributed by atoms with Crippen molar-refractivity contribution in [1.82, 2.24) is 10.3 Å². The van der Waals surface area contributed by atoms with Gasteiger partial charge in [-0.25, -0.2) is 4.98 Å². The Kier molecular flexibility index (Phi) is 4.47. The quantitative estimate of drug-likeness (QED) is 0.553. The molecule has 0 aliphatic heterocycles. The van der Waals surface area contributed by atoms with E-state index < -0.39 is 0 Å². The molecule has 1 N–H and O–H groups in total. The summed E-state index contributed by atoms with van der Waals surface area (Å²) in [6.07, 6.45) is 0. The van der Waals surface area contributed by atoms with Crippen LogP contribution in [0.4, 0.5) is 5.69 Å². The van der Waals surface area contributed by atoms with Crippen LogP contribution in [0.2, 0.25) is 0 Å². The molecule has 0 saturated carbocycles. The van der Waals surface area contributed by atoms with Gasteiger partial charge in [0.15, 0.2) is 0 Å². The number of nitrogens with one attached hydrogen (secondary N) is 1. The molecule has 1 amide bonds. The summed E-state index contributed by atoms with van der Waals surface area (Å²) < 4.78 is 0. The lowest BCUT2D eigenvalue weighted by Gasteiger charge is -2.13. The average molecular weight is 355 g/mol. The van der Waals surface area contributed by atoms with Gasteiger partial charge in [0.25, 0.3) is 5.91 Å². The number of anilines is 1. The summed E-state index contributed by atoms with van der Waals surface area (Å²) in [4.78, 5) is 19.3. The van der Waals surface area contributed by atoms with E-state index in [1.165, 1.54) is 0 Å². The molecule has 0 bridgehead atoms. The van der Waals surface area contributed by atoms with Gasteiger partial charge in [-0.15, -0.1) is 0 Å². The lowest BCUT2D eigenvalue weighted by Crippen LogP contribution is -2.23. The molecule has 134 valence electrons. The SMILES string of the molecule is CN(C)c1ccc(C(=O)NCc2cccc3cc4ccccc4nc23)cc1. The highest BCUT2D eigenvalue weighted by atomic mass is 16.1. The van der Waals surface area contributed by atoms with Gasteiger partial charge in [0.2, 0.25) is 0 Å². The topological polar surface area (TPSA) is 45.2 Å². The van der Waals surface area contributed by atoms with E-state index in [2.05, 4.69) is 23.5 Å². The number of amides is 1. The Bertz CT molecular complexity index is 1120. The maximum Gasteiger partial charge on any atom is 0.251 e.